The van der Waals surface area contributed by atoms with Crippen LogP contribution in [-0.2, 0) is 9.84 Å². The van der Waals surface area contributed by atoms with Gasteiger partial charge in [0.2, 0.25) is 9.84 Å². The quantitative estimate of drug-likeness (QED) is 0.916. The highest BCUT2D eigenvalue weighted by atomic mass is 32.2. The number of halogens is 2. The van der Waals surface area contributed by atoms with Gasteiger partial charge in [-0.15, -0.1) is 0 Å². The second kappa shape index (κ2) is 5.88. The van der Waals surface area contributed by atoms with Gasteiger partial charge in [0, 0.05) is 11.3 Å². The molecule has 0 radical (unpaired) electrons. The van der Waals surface area contributed by atoms with Crippen molar-refractivity contribution < 1.29 is 22.0 Å². The van der Waals surface area contributed by atoms with Crippen molar-refractivity contribution in [3.8, 4) is 0 Å². The van der Waals surface area contributed by atoms with Crippen molar-refractivity contribution in [2.24, 2.45) is 4.99 Å². The fourth-order valence-electron chi connectivity index (χ4n) is 1.48. The van der Waals surface area contributed by atoms with E-state index in [2.05, 4.69) is 10.3 Å². The maximum Gasteiger partial charge on any atom is 0.341 e. The van der Waals surface area contributed by atoms with Crippen LogP contribution in [0.25, 0.3) is 0 Å². The van der Waals surface area contributed by atoms with Crippen LogP contribution in [-0.4, -0.2) is 37.5 Å². The van der Waals surface area contributed by atoms with E-state index in [0.717, 1.165) is 17.9 Å². The molecule has 1 aliphatic heterocycles. The summed E-state index contributed by atoms with van der Waals surface area (Å²) < 4.78 is 47.1. The van der Waals surface area contributed by atoms with E-state index in [1.54, 1.807) is 0 Å². The molecule has 1 N–H and O–H groups in total. The number of amidine groups is 1. The first-order chi connectivity index (χ1) is 9.41. The van der Waals surface area contributed by atoms with Crippen molar-refractivity contribution in [1.82, 2.24) is 5.32 Å². The molecule has 1 heterocycles. The number of carbonyl (C=O) groups excluding carboxylic acids is 1. The first-order valence-corrected chi connectivity index (χ1v) is 8.05. The van der Waals surface area contributed by atoms with Gasteiger partial charge in [-0.3, -0.25) is 9.79 Å². The summed E-state index contributed by atoms with van der Waals surface area (Å²) in [5.74, 6) is -3.15. The van der Waals surface area contributed by atoms with Crippen LogP contribution in [0.2, 0.25) is 0 Å². The summed E-state index contributed by atoms with van der Waals surface area (Å²) in [6.45, 7) is 0.631. The summed E-state index contributed by atoms with van der Waals surface area (Å²) in [4.78, 5) is 15.3. The van der Waals surface area contributed by atoms with Crippen molar-refractivity contribution >= 4 is 32.7 Å². The van der Waals surface area contributed by atoms with Crippen molar-refractivity contribution in [3.05, 3.63) is 29.8 Å². The second-order valence-corrected chi connectivity index (χ2v) is 6.82. The Labute approximate surface area is 118 Å². The number of carbonyl (C=O) groups is 1. The molecule has 0 atom stereocenters. The Hall–Kier alpha value is -1.48. The number of nitrogens with one attached hydrogen (secondary N) is 1. The molecule has 1 amide bonds. The van der Waals surface area contributed by atoms with Crippen LogP contribution < -0.4 is 5.32 Å². The smallest absolute Gasteiger partial charge is 0.301 e. The molecule has 9 heteroatoms. The van der Waals surface area contributed by atoms with E-state index in [9.17, 15) is 22.0 Å². The van der Waals surface area contributed by atoms with Gasteiger partial charge < -0.3 is 5.32 Å². The molecule has 2 rings (SSSR count). The van der Waals surface area contributed by atoms with Gasteiger partial charge in [0.25, 0.3) is 5.91 Å². The minimum absolute atomic E-state index is 0.174. The highest BCUT2D eigenvalue weighted by Crippen LogP contribution is 2.18. The van der Waals surface area contributed by atoms with Crippen molar-refractivity contribution in [1.29, 1.82) is 0 Å². The van der Waals surface area contributed by atoms with Crippen LogP contribution >= 0.6 is 11.8 Å². The van der Waals surface area contributed by atoms with Gasteiger partial charge in [-0.05, 0) is 24.3 Å². The summed E-state index contributed by atoms with van der Waals surface area (Å²) in [6.07, 6.45) is 0. The molecular formula is C11H10F2N2O3S2. The van der Waals surface area contributed by atoms with Gasteiger partial charge in [-0.25, -0.2) is 8.42 Å². The van der Waals surface area contributed by atoms with Gasteiger partial charge in [0.05, 0.1) is 11.4 Å². The largest absolute Gasteiger partial charge is 0.341 e. The number of thioether (sulfide) groups is 1. The minimum atomic E-state index is -4.63. The average molecular weight is 320 g/mol. The lowest BCUT2D eigenvalue weighted by atomic mass is 10.2. The van der Waals surface area contributed by atoms with Crippen LogP contribution in [0.3, 0.4) is 0 Å². The first-order valence-electron chi connectivity index (χ1n) is 5.52. The maximum atomic E-state index is 12.3. The molecule has 1 aliphatic rings. The third-order valence-electron chi connectivity index (χ3n) is 2.49. The number of benzene rings is 1. The fourth-order valence-corrected chi connectivity index (χ4v) is 2.92. The number of hydrogen-bond acceptors (Lipinski definition) is 5. The Morgan fingerprint density at radius 2 is 1.95 bits per heavy atom. The zero-order chi connectivity index (χ0) is 14.8. The predicted octanol–water partition coefficient (Wildman–Crippen LogP) is 1.52. The van der Waals surface area contributed by atoms with Crippen LogP contribution in [0.15, 0.2) is 34.2 Å². The molecule has 0 unspecified atom stereocenters. The van der Waals surface area contributed by atoms with Crippen molar-refractivity contribution in [2.75, 3.05) is 12.3 Å². The van der Waals surface area contributed by atoms with Crippen LogP contribution in [0.4, 0.5) is 8.78 Å². The molecular weight excluding hydrogens is 310 g/mol. The third-order valence-corrected chi connectivity index (χ3v) is 4.78. The summed E-state index contributed by atoms with van der Waals surface area (Å²) >= 11 is 1.40. The van der Waals surface area contributed by atoms with E-state index in [1.807, 2.05) is 0 Å². The molecule has 0 fully saturated rings. The number of alkyl halides is 2. The molecule has 0 aromatic heterocycles. The normalized spacial score (nSPS) is 15.2. The van der Waals surface area contributed by atoms with Gasteiger partial charge in [0.1, 0.15) is 0 Å². The highest BCUT2D eigenvalue weighted by Gasteiger charge is 2.26. The Morgan fingerprint density at radius 1 is 1.30 bits per heavy atom. The van der Waals surface area contributed by atoms with E-state index in [-0.39, 0.29) is 5.56 Å². The topological polar surface area (TPSA) is 75.6 Å². The predicted molar refractivity (Wildman–Crippen MR) is 71.9 cm³/mol. The van der Waals surface area contributed by atoms with Gasteiger partial charge >= 0.3 is 5.76 Å². The summed E-state index contributed by atoms with van der Waals surface area (Å²) in [5, 5.41) is 3.05. The third kappa shape index (κ3) is 3.15. The molecule has 0 saturated heterocycles. The van der Waals surface area contributed by atoms with E-state index < -0.39 is 26.4 Å². The highest BCUT2D eigenvalue weighted by molar-refractivity contribution is 8.14. The zero-order valence-corrected chi connectivity index (χ0v) is 11.7. The lowest BCUT2D eigenvalue weighted by Gasteiger charge is -2.06. The van der Waals surface area contributed by atoms with Crippen molar-refractivity contribution in [3.63, 3.8) is 0 Å². The molecule has 5 nitrogen and oxygen atoms in total. The van der Waals surface area contributed by atoms with E-state index in [4.69, 9.17) is 0 Å². The number of sulfone groups is 1. The monoisotopic (exact) mass is 320 g/mol. The number of rotatable bonds is 3. The molecule has 0 aliphatic carbocycles. The molecule has 0 bridgehead atoms. The first kappa shape index (κ1) is 14.9. The number of aliphatic imine (C=N–C) groups is 1. The molecule has 1 aromatic carbocycles. The minimum Gasteiger partial charge on any atom is -0.301 e. The molecule has 108 valence electrons. The van der Waals surface area contributed by atoms with Gasteiger partial charge in [0.15, 0.2) is 5.17 Å². The average Bonchev–Trinajstić information content (AvgIpc) is 2.91. The van der Waals surface area contributed by atoms with Gasteiger partial charge in [-0.1, -0.05) is 11.8 Å². The lowest BCUT2D eigenvalue weighted by molar-refractivity contribution is 0.0978. The number of amides is 1. The standard InChI is InChI=1S/C11H10F2N2O3S2/c12-10(13)20(17,18)8-3-1-7(2-4-8)9(16)15-11-14-5-6-19-11/h1-4,10H,5-6H2,(H,14,15,16). The van der Waals surface area contributed by atoms with Crippen LogP contribution in [0.1, 0.15) is 10.4 Å². The molecule has 0 saturated carbocycles. The molecule has 1 aromatic rings. The molecule has 20 heavy (non-hydrogen) atoms. The summed E-state index contributed by atoms with van der Waals surface area (Å²) in [6, 6.07) is 4.34. The fraction of sp³-hybridized carbons (Fsp3) is 0.273. The Morgan fingerprint density at radius 3 is 2.45 bits per heavy atom. The maximum absolute atomic E-state index is 12.3. The van der Waals surface area contributed by atoms with Crippen LogP contribution in [0, 0.1) is 0 Å². The van der Waals surface area contributed by atoms with E-state index in [0.29, 0.717) is 11.7 Å². The molecule has 0 spiro atoms. The number of nitrogens with zero attached hydrogens (tertiary/aromatic N) is 1. The Bertz CT molecular complexity index is 642. The van der Waals surface area contributed by atoms with Crippen LogP contribution in [0.5, 0.6) is 0 Å². The van der Waals surface area contributed by atoms with E-state index in [1.165, 1.54) is 23.9 Å². The Balaban J connectivity index is 2.14. The second-order valence-electron chi connectivity index (χ2n) is 3.82. The lowest BCUT2D eigenvalue weighted by Crippen LogP contribution is -2.27. The zero-order valence-electron chi connectivity index (χ0n) is 10.0. The van der Waals surface area contributed by atoms with E-state index >= 15 is 0 Å². The Kier molecular flexibility index (Phi) is 4.39. The van der Waals surface area contributed by atoms with Crippen molar-refractivity contribution in [2.45, 2.75) is 10.7 Å². The summed E-state index contributed by atoms with van der Waals surface area (Å²) in [7, 11) is -4.63. The summed E-state index contributed by atoms with van der Waals surface area (Å²) in [5.41, 5.74) is 0.174. The van der Waals surface area contributed by atoms with Gasteiger partial charge in [-0.2, -0.15) is 8.78 Å². The number of hydrogen-bond donors (Lipinski definition) is 1. The SMILES string of the molecule is O=C(NC1=NCCS1)c1ccc(S(=O)(=O)C(F)F)cc1.